The van der Waals surface area contributed by atoms with E-state index in [1.54, 1.807) is 7.11 Å². The van der Waals surface area contributed by atoms with Crippen molar-refractivity contribution in [1.82, 2.24) is 4.90 Å². The van der Waals surface area contributed by atoms with Crippen LogP contribution in [-0.4, -0.2) is 29.9 Å². The summed E-state index contributed by atoms with van der Waals surface area (Å²) < 4.78 is 18.8. The molecule has 0 N–H and O–H groups in total. The van der Waals surface area contributed by atoms with Crippen LogP contribution in [0.15, 0.2) is 18.2 Å². The summed E-state index contributed by atoms with van der Waals surface area (Å²) in [6.45, 7) is 1.74. The first-order valence-corrected chi connectivity index (χ1v) is 6.99. The summed E-state index contributed by atoms with van der Waals surface area (Å²) in [5, 5.41) is 0.963. The van der Waals surface area contributed by atoms with Crippen molar-refractivity contribution in [3.05, 3.63) is 29.6 Å². The number of alkyl halides is 1. The van der Waals surface area contributed by atoms with Crippen LogP contribution in [0.1, 0.15) is 18.4 Å². The lowest BCUT2D eigenvalue weighted by atomic mass is 10.1. The van der Waals surface area contributed by atoms with Crippen molar-refractivity contribution in [2.45, 2.75) is 25.4 Å². The highest BCUT2D eigenvalue weighted by molar-refractivity contribution is 9.09. The zero-order valence-corrected chi connectivity index (χ0v) is 11.5. The Morgan fingerprint density at radius 2 is 2.35 bits per heavy atom. The fourth-order valence-corrected chi connectivity index (χ4v) is 3.01. The van der Waals surface area contributed by atoms with Crippen molar-refractivity contribution < 1.29 is 9.13 Å². The Morgan fingerprint density at radius 3 is 3.00 bits per heavy atom. The normalized spacial score (nSPS) is 20.8. The molecule has 1 atom stereocenters. The van der Waals surface area contributed by atoms with Crippen LogP contribution in [0.3, 0.4) is 0 Å². The molecule has 0 bridgehead atoms. The van der Waals surface area contributed by atoms with Gasteiger partial charge in [0.05, 0.1) is 7.11 Å². The first-order chi connectivity index (χ1) is 8.24. The van der Waals surface area contributed by atoms with Crippen LogP contribution in [-0.2, 0) is 6.54 Å². The van der Waals surface area contributed by atoms with E-state index in [1.807, 2.05) is 12.1 Å². The molecule has 1 aliphatic rings. The highest BCUT2D eigenvalue weighted by atomic mass is 79.9. The molecule has 17 heavy (non-hydrogen) atoms. The maximum Gasteiger partial charge on any atom is 0.131 e. The van der Waals surface area contributed by atoms with Crippen LogP contribution >= 0.6 is 15.9 Å². The topological polar surface area (TPSA) is 12.5 Å². The van der Waals surface area contributed by atoms with Gasteiger partial charge in [-0.15, -0.1) is 0 Å². The van der Waals surface area contributed by atoms with Crippen LogP contribution in [0, 0.1) is 5.82 Å². The molecular formula is C13H17BrFNO. The van der Waals surface area contributed by atoms with Crippen LogP contribution in [0.2, 0.25) is 0 Å². The molecular weight excluding hydrogens is 285 g/mol. The molecule has 0 aliphatic carbocycles. The number of rotatable bonds is 4. The highest BCUT2D eigenvalue weighted by Gasteiger charge is 2.24. The minimum atomic E-state index is -0.176. The average molecular weight is 302 g/mol. The van der Waals surface area contributed by atoms with E-state index in [4.69, 9.17) is 4.74 Å². The number of ether oxygens (including phenoxy) is 1. The third-order valence-corrected chi connectivity index (χ3v) is 4.06. The maximum absolute atomic E-state index is 13.8. The Labute approximate surface area is 110 Å². The molecule has 0 saturated carbocycles. The number of likely N-dealkylation sites (tertiary alicyclic amines) is 1. The first kappa shape index (κ1) is 12.8. The lowest BCUT2D eigenvalue weighted by Gasteiger charge is -2.23. The lowest BCUT2D eigenvalue weighted by molar-refractivity contribution is 0.261. The van der Waals surface area contributed by atoms with Gasteiger partial charge in [0.25, 0.3) is 0 Å². The fourth-order valence-electron chi connectivity index (χ4n) is 2.28. The van der Waals surface area contributed by atoms with Gasteiger partial charge in [0.2, 0.25) is 0 Å². The molecule has 0 spiro atoms. The second kappa shape index (κ2) is 5.83. The molecule has 0 amide bonds. The molecule has 1 heterocycles. The Bertz CT molecular complexity index is 386. The molecule has 1 aromatic carbocycles. The SMILES string of the molecule is COc1ccc(CN2CCCC2CBr)c(F)c1. The van der Waals surface area contributed by atoms with E-state index < -0.39 is 0 Å². The standard InChI is InChI=1S/C13H17BrFNO/c1-17-12-5-4-10(13(15)7-12)9-16-6-2-3-11(16)8-14/h4-5,7,11H,2-3,6,8-9H2,1H3. The Balaban J connectivity index is 2.08. The molecule has 2 nitrogen and oxygen atoms in total. The first-order valence-electron chi connectivity index (χ1n) is 5.87. The fraction of sp³-hybridized carbons (Fsp3) is 0.538. The van der Waals surface area contributed by atoms with Gasteiger partial charge in [-0.3, -0.25) is 4.90 Å². The number of methoxy groups -OCH3 is 1. The molecule has 1 saturated heterocycles. The van der Waals surface area contributed by atoms with E-state index in [2.05, 4.69) is 20.8 Å². The molecule has 1 unspecified atom stereocenters. The van der Waals surface area contributed by atoms with Gasteiger partial charge in [-0.2, -0.15) is 0 Å². The average Bonchev–Trinajstić information content (AvgIpc) is 2.79. The highest BCUT2D eigenvalue weighted by Crippen LogP contribution is 2.24. The van der Waals surface area contributed by atoms with Crippen molar-refractivity contribution in [3.8, 4) is 5.75 Å². The number of halogens is 2. The van der Waals surface area contributed by atoms with Gasteiger partial charge in [-0.25, -0.2) is 4.39 Å². The minimum Gasteiger partial charge on any atom is -0.497 e. The van der Waals surface area contributed by atoms with E-state index >= 15 is 0 Å². The van der Waals surface area contributed by atoms with Gasteiger partial charge in [0, 0.05) is 29.5 Å². The van der Waals surface area contributed by atoms with Gasteiger partial charge in [-0.05, 0) is 25.5 Å². The van der Waals surface area contributed by atoms with Crippen LogP contribution < -0.4 is 4.74 Å². The number of hydrogen-bond acceptors (Lipinski definition) is 2. The summed E-state index contributed by atoms with van der Waals surface area (Å²) in [6, 6.07) is 5.63. The number of benzene rings is 1. The van der Waals surface area contributed by atoms with Gasteiger partial charge in [-0.1, -0.05) is 22.0 Å². The summed E-state index contributed by atoms with van der Waals surface area (Å²) >= 11 is 3.52. The van der Waals surface area contributed by atoms with Crippen LogP contribution in [0.5, 0.6) is 5.75 Å². The largest absolute Gasteiger partial charge is 0.497 e. The van der Waals surface area contributed by atoms with Crippen LogP contribution in [0.25, 0.3) is 0 Å². The minimum absolute atomic E-state index is 0.176. The third kappa shape index (κ3) is 2.99. The van der Waals surface area contributed by atoms with Crippen molar-refractivity contribution in [2.75, 3.05) is 19.0 Å². The maximum atomic E-state index is 13.8. The zero-order chi connectivity index (χ0) is 12.3. The third-order valence-electron chi connectivity index (χ3n) is 3.31. The second-order valence-corrected chi connectivity index (χ2v) is 5.03. The summed E-state index contributed by atoms with van der Waals surface area (Å²) in [4.78, 5) is 2.33. The van der Waals surface area contributed by atoms with E-state index in [0.717, 1.165) is 17.4 Å². The number of nitrogens with zero attached hydrogens (tertiary/aromatic N) is 1. The summed E-state index contributed by atoms with van der Waals surface area (Å²) in [5.41, 5.74) is 0.749. The quantitative estimate of drug-likeness (QED) is 0.792. The summed E-state index contributed by atoms with van der Waals surface area (Å²) in [5.74, 6) is 0.397. The molecule has 94 valence electrons. The van der Waals surface area contributed by atoms with Crippen molar-refractivity contribution in [2.24, 2.45) is 0 Å². The molecule has 2 rings (SSSR count). The van der Waals surface area contributed by atoms with Gasteiger partial charge < -0.3 is 4.74 Å². The molecule has 0 radical (unpaired) electrons. The predicted octanol–water partition coefficient (Wildman–Crippen LogP) is 3.19. The summed E-state index contributed by atoms with van der Waals surface area (Å²) in [7, 11) is 1.55. The molecule has 4 heteroatoms. The van der Waals surface area contributed by atoms with Crippen molar-refractivity contribution in [3.63, 3.8) is 0 Å². The predicted molar refractivity (Wildman–Crippen MR) is 70.2 cm³/mol. The van der Waals surface area contributed by atoms with Crippen LogP contribution in [0.4, 0.5) is 4.39 Å². The molecule has 1 aliphatic heterocycles. The molecule has 1 fully saturated rings. The van der Waals surface area contributed by atoms with E-state index in [9.17, 15) is 4.39 Å². The van der Waals surface area contributed by atoms with E-state index in [0.29, 0.717) is 18.3 Å². The molecule has 1 aromatic rings. The van der Waals surface area contributed by atoms with Gasteiger partial charge in [0.1, 0.15) is 11.6 Å². The second-order valence-electron chi connectivity index (χ2n) is 4.38. The van der Waals surface area contributed by atoms with Gasteiger partial charge in [0.15, 0.2) is 0 Å². The Morgan fingerprint density at radius 1 is 1.53 bits per heavy atom. The smallest absolute Gasteiger partial charge is 0.131 e. The lowest BCUT2D eigenvalue weighted by Crippen LogP contribution is -2.30. The van der Waals surface area contributed by atoms with Crippen molar-refractivity contribution >= 4 is 15.9 Å². The van der Waals surface area contributed by atoms with Gasteiger partial charge >= 0.3 is 0 Å². The van der Waals surface area contributed by atoms with Crippen molar-refractivity contribution in [1.29, 1.82) is 0 Å². The zero-order valence-electron chi connectivity index (χ0n) is 9.96. The monoisotopic (exact) mass is 301 g/mol. The summed E-state index contributed by atoms with van der Waals surface area (Å²) in [6.07, 6.45) is 2.40. The Hall–Kier alpha value is -0.610. The van der Waals surface area contributed by atoms with E-state index in [1.165, 1.54) is 18.9 Å². The molecule has 0 aromatic heterocycles. The Kier molecular flexibility index (Phi) is 4.40. The van der Waals surface area contributed by atoms with E-state index in [-0.39, 0.29) is 5.82 Å². The number of hydrogen-bond donors (Lipinski definition) is 0.